The predicted molar refractivity (Wildman–Crippen MR) is 118 cm³/mol. The number of aliphatic hydroxyl groups excluding tert-OH is 1. The summed E-state index contributed by atoms with van der Waals surface area (Å²) < 4.78 is 0. The fourth-order valence-corrected chi connectivity index (χ4v) is 4.72. The first-order valence-corrected chi connectivity index (χ1v) is 11.0. The second-order valence-electron chi connectivity index (χ2n) is 7.78. The smallest absolute Gasteiger partial charge is 0.261 e. The minimum atomic E-state index is -1.35. The molecule has 0 aliphatic carbocycles. The van der Waals surface area contributed by atoms with E-state index in [-0.39, 0.29) is 18.4 Å². The molecule has 0 spiro atoms. The Morgan fingerprint density at radius 2 is 1.97 bits per heavy atom. The van der Waals surface area contributed by atoms with Gasteiger partial charge in [-0.2, -0.15) is 0 Å². The third-order valence-electron chi connectivity index (χ3n) is 5.71. The molecule has 2 N–H and O–H groups in total. The number of hydrogen-bond acceptors (Lipinski definition) is 5. The second-order valence-corrected chi connectivity index (χ2v) is 8.86. The Morgan fingerprint density at radius 1 is 1.23 bits per heavy atom. The summed E-state index contributed by atoms with van der Waals surface area (Å²) in [6.07, 6.45) is 6.03. The Balaban J connectivity index is 1.48. The topological polar surface area (TPSA) is 90.0 Å². The van der Waals surface area contributed by atoms with E-state index in [2.05, 4.69) is 11.2 Å². The summed E-state index contributed by atoms with van der Waals surface area (Å²) in [6, 6.07) is 7.76. The number of amides is 3. The quantitative estimate of drug-likeness (QED) is 0.714. The number of aliphatic hydroxyl groups is 1. The van der Waals surface area contributed by atoms with Crippen LogP contribution in [0.3, 0.4) is 0 Å². The summed E-state index contributed by atoms with van der Waals surface area (Å²) >= 11 is 1.18. The largest absolute Gasteiger partial charge is 0.381 e. The van der Waals surface area contributed by atoms with Crippen molar-refractivity contribution in [2.45, 2.75) is 31.9 Å². The van der Waals surface area contributed by atoms with Gasteiger partial charge in [0.1, 0.15) is 0 Å². The second kappa shape index (κ2) is 8.53. The molecule has 4 rings (SSSR count). The van der Waals surface area contributed by atoms with Crippen molar-refractivity contribution in [2.24, 2.45) is 0 Å². The predicted octanol–water partition coefficient (Wildman–Crippen LogP) is 1.78. The summed E-state index contributed by atoms with van der Waals surface area (Å²) in [5, 5.41) is 13.1. The first-order valence-electron chi connectivity index (χ1n) is 10.2. The van der Waals surface area contributed by atoms with Crippen molar-refractivity contribution in [1.82, 2.24) is 10.2 Å². The van der Waals surface area contributed by atoms with Crippen LogP contribution in [-0.2, 0) is 4.79 Å². The number of benzene rings is 1. The van der Waals surface area contributed by atoms with E-state index in [0.29, 0.717) is 21.0 Å². The highest BCUT2D eigenvalue weighted by atomic mass is 32.1. The molecule has 2 aliphatic heterocycles. The number of nitrogens with zero attached hydrogens (tertiary/aromatic N) is 2. The zero-order valence-electron chi connectivity index (χ0n) is 17.1. The number of terminal acetylenes is 1. The molecule has 1 aromatic carbocycles. The Hall–Kier alpha value is -3.15. The van der Waals surface area contributed by atoms with Gasteiger partial charge < -0.3 is 20.2 Å². The molecule has 31 heavy (non-hydrogen) atoms. The van der Waals surface area contributed by atoms with Crippen LogP contribution in [0.25, 0.3) is 0 Å². The number of aryl methyl sites for hydroxylation is 1. The molecule has 8 heteroatoms. The van der Waals surface area contributed by atoms with Crippen LogP contribution in [0.2, 0.25) is 0 Å². The van der Waals surface area contributed by atoms with Crippen molar-refractivity contribution in [3.8, 4) is 12.3 Å². The Kier molecular flexibility index (Phi) is 5.81. The number of carbonyl (C=O) groups is 3. The maximum absolute atomic E-state index is 12.7. The molecule has 2 saturated heterocycles. The van der Waals surface area contributed by atoms with Crippen LogP contribution < -0.4 is 10.2 Å². The summed E-state index contributed by atoms with van der Waals surface area (Å²) in [5.74, 6) is 1.61. The number of hydrogen-bond donors (Lipinski definition) is 2. The zero-order chi connectivity index (χ0) is 22.1. The summed E-state index contributed by atoms with van der Waals surface area (Å²) in [7, 11) is 0. The molecule has 1 aromatic heterocycles. The van der Waals surface area contributed by atoms with Gasteiger partial charge in [-0.1, -0.05) is 5.92 Å². The molecule has 2 atom stereocenters. The van der Waals surface area contributed by atoms with Gasteiger partial charge in [0.15, 0.2) is 6.10 Å². The molecule has 2 unspecified atom stereocenters. The number of likely N-dealkylation sites (tertiary alicyclic amines) is 1. The van der Waals surface area contributed by atoms with Gasteiger partial charge in [0.25, 0.3) is 17.7 Å². The van der Waals surface area contributed by atoms with Crippen molar-refractivity contribution in [3.63, 3.8) is 0 Å². The van der Waals surface area contributed by atoms with Gasteiger partial charge in [-0.25, -0.2) is 0 Å². The average molecular weight is 438 g/mol. The number of thiophene rings is 1. The van der Waals surface area contributed by atoms with E-state index in [1.54, 1.807) is 30.3 Å². The van der Waals surface area contributed by atoms with Crippen LogP contribution in [0.15, 0.2) is 30.3 Å². The summed E-state index contributed by atoms with van der Waals surface area (Å²) in [5.41, 5.74) is 1.97. The van der Waals surface area contributed by atoms with Gasteiger partial charge in [-0.15, -0.1) is 17.8 Å². The van der Waals surface area contributed by atoms with Gasteiger partial charge in [-0.05, 0) is 55.7 Å². The molecule has 3 amide bonds. The monoisotopic (exact) mass is 437 g/mol. The van der Waals surface area contributed by atoms with Crippen molar-refractivity contribution in [3.05, 3.63) is 51.2 Å². The maximum Gasteiger partial charge on any atom is 0.261 e. The maximum atomic E-state index is 12.7. The number of rotatable bonds is 4. The van der Waals surface area contributed by atoms with Crippen molar-refractivity contribution >= 4 is 34.7 Å². The average Bonchev–Trinajstić information content (AvgIpc) is 3.51. The van der Waals surface area contributed by atoms with Crippen molar-refractivity contribution in [1.29, 1.82) is 0 Å². The molecule has 2 fully saturated rings. The number of nitrogens with one attached hydrogen (secondary N) is 1. The molecule has 0 saturated carbocycles. The molecular formula is C23H23N3O4S. The third-order valence-corrected chi connectivity index (χ3v) is 6.73. The van der Waals surface area contributed by atoms with E-state index < -0.39 is 18.1 Å². The van der Waals surface area contributed by atoms with Gasteiger partial charge in [-0.3, -0.25) is 14.4 Å². The molecule has 160 valence electrons. The summed E-state index contributed by atoms with van der Waals surface area (Å²) in [6.45, 7) is 3.51. The van der Waals surface area contributed by atoms with E-state index in [1.807, 2.05) is 11.8 Å². The normalized spacial score (nSPS) is 20.7. The highest BCUT2D eigenvalue weighted by molar-refractivity contribution is 7.14. The fourth-order valence-electron chi connectivity index (χ4n) is 4.00. The molecular weight excluding hydrogens is 414 g/mol. The lowest BCUT2D eigenvalue weighted by atomic mass is 10.1. The molecule has 7 nitrogen and oxygen atoms in total. The Morgan fingerprint density at radius 3 is 2.61 bits per heavy atom. The van der Waals surface area contributed by atoms with Gasteiger partial charge in [0.05, 0.1) is 15.8 Å². The van der Waals surface area contributed by atoms with Crippen LogP contribution >= 0.6 is 11.3 Å². The number of anilines is 1. The molecule has 2 aromatic rings. The Bertz CT molecular complexity index is 1080. The minimum absolute atomic E-state index is 0.00163. The molecule has 0 radical (unpaired) electrons. The van der Waals surface area contributed by atoms with Crippen LogP contribution in [0.1, 0.15) is 43.3 Å². The van der Waals surface area contributed by atoms with E-state index in [4.69, 9.17) is 6.42 Å². The van der Waals surface area contributed by atoms with Gasteiger partial charge >= 0.3 is 0 Å². The highest BCUT2D eigenvalue weighted by Crippen LogP contribution is 2.26. The first-order chi connectivity index (χ1) is 14.9. The zero-order valence-corrected chi connectivity index (χ0v) is 17.9. The lowest BCUT2D eigenvalue weighted by Gasteiger charge is -2.20. The van der Waals surface area contributed by atoms with Crippen molar-refractivity contribution < 1.29 is 19.5 Å². The molecule has 3 heterocycles. The minimum Gasteiger partial charge on any atom is -0.381 e. The fraction of sp³-hybridized carbons (Fsp3) is 0.348. The van der Waals surface area contributed by atoms with Crippen LogP contribution in [-0.4, -0.2) is 59.5 Å². The lowest BCUT2D eigenvalue weighted by Crippen LogP contribution is -2.43. The van der Waals surface area contributed by atoms with Crippen LogP contribution in [0, 0.1) is 19.3 Å². The van der Waals surface area contributed by atoms with Crippen LogP contribution in [0.5, 0.6) is 0 Å². The van der Waals surface area contributed by atoms with E-state index >= 15 is 0 Å². The van der Waals surface area contributed by atoms with Crippen molar-refractivity contribution in [2.75, 3.05) is 24.5 Å². The lowest BCUT2D eigenvalue weighted by molar-refractivity contribution is -0.124. The Labute approximate surface area is 184 Å². The first kappa shape index (κ1) is 21.1. The van der Waals surface area contributed by atoms with E-state index in [1.165, 1.54) is 16.2 Å². The third kappa shape index (κ3) is 4.07. The van der Waals surface area contributed by atoms with E-state index in [9.17, 15) is 19.5 Å². The highest BCUT2D eigenvalue weighted by Gasteiger charge is 2.41. The molecule has 2 aliphatic rings. The number of carbonyl (C=O) groups excluding carboxylic acids is 3. The standard InChI is InChI=1S/C23H23N3O4S/c1-3-16-7-9-19(31-16)21(28)24-18-13-26(23(30)20(18)27)15-6-8-17(14(2)12-15)22(29)25-10-4-5-11-25/h1,6-9,12,18,20,27H,4-5,10-11,13H2,2H3,(H,24,28). The SMILES string of the molecule is C#Cc1ccc(C(=O)NC2CN(c3ccc(C(=O)N4CCCC4)c(C)c3)C(=O)C2O)s1. The van der Waals surface area contributed by atoms with Crippen LogP contribution in [0.4, 0.5) is 5.69 Å². The van der Waals surface area contributed by atoms with Gasteiger partial charge in [0, 0.05) is 30.9 Å². The van der Waals surface area contributed by atoms with Gasteiger partial charge in [0.2, 0.25) is 0 Å². The molecule has 0 bridgehead atoms. The van der Waals surface area contributed by atoms with E-state index in [0.717, 1.165) is 31.5 Å². The summed E-state index contributed by atoms with van der Waals surface area (Å²) in [4.78, 5) is 42.2.